The topological polar surface area (TPSA) is 72.2 Å². The predicted octanol–water partition coefficient (Wildman–Crippen LogP) is 2.59. The minimum absolute atomic E-state index is 0.458. The number of alkyl halides is 1. The molecule has 1 heterocycles. The minimum Gasteiger partial charge on any atom is -0.449 e. The molecule has 1 aromatic heterocycles. The van der Waals surface area contributed by atoms with Crippen LogP contribution in [0.2, 0.25) is 0 Å². The van der Waals surface area contributed by atoms with Gasteiger partial charge >= 0.3 is 0 Å². The molecule has 0 atom stereocenters. The van der Waals surface area contributed by atoms with Crippen molar-refractivity contribution in [3.8, 4) is 11.3 Å². The minimum atomic E-state index is -3.46. The van der Waals surface area contributed by atoms with Crippen molar-refractivity contribution in [2.45, 2.75) is 6.92 Å². The summed E-state index contributed by atoms with van der Waals surface area (Å²) < 4.78 is 30.0. The number of rotatable bonds is 4. The number of anilines is 1. The molecular weight excluding hydrogens is 276 g/mol. The zero-order valence-corrected chi connectivity index (χ0v) is 11.1. The van der Waals surface area contributed by atoms with E-state index >= 15 is 0 Å². The number of oxazole rings is 1. The second kappa shape index (κ2) is 4.99. The Morgan fingerprint density at radius 3 is 2.50 bits per heavy atom. The van der Waals surface area contributed by atoms with Crippen molar-refractivity contribution in [1.29, 1.82) is 0 Å². The van der Waals surface area contributed by atoms with Crippen LogP contribution in [0.1, 0.15) is 5.89 Å². The fourth-order valence-electron chi connectivity index (χ4n) is 1.41. The molecule has 0 aliphatic rings. The Morgan fingerprint density at radius 2 is 2.00 bits per heavy atom. The van der Waals surface area contributed by atoms with Gasteiger partial charge in [0.05, 0.1) is 0 Å². The summed E-state index contributed by atoms with van der Waals surface area (Å²) in [6.07, 6.45) is 1.55. The van der Waals surface area contributed by atoms with Crippen LogP contribution >= 0.6 is 11.6 Å². The van der Waals surface area contributed by atoms with E-state index in [0.717, 1.165) is 5.56 Å². The lowest BCUT2D eigenvalue weighted by molar-refractivity contribution is 0.521. The quantitative estimate of drug-likeness (QED) is 0.877. The van der Waals surface area contributed by atoms with E-state index in [0.29, 0.717) is 17.3 Å². The molecule has 2 rings (SSSR count). The molecule has 0 aliphatic carbocycles. The summed E-state index contributed by atoms with van der Waals surface area (Å²) >= 11 is 5.30. The lowest BCUT2D eigenvalue weighted by Crippen LogP contribution is -2.13. The van der Waals surface area contributed by atoms with Crippen molar-refractivity contribution in [3.63, 3.8) is 0 Å². The highest BCUT2D eigenvalue weighted by atomic mass is 35.5. The Labute approximate surface area is 110 Å². The molecule has 0 fully saturated rings. The third-order valence-corrected chi connectivity index (χ3v) is 3.91. The van der Waals surface area contributed by atoms with Crippen LogP contribution in [0.15, 0.2) is 34.9 Å². The van der Waals surface area contributed by atoms with Crippen molar-refractivity contribution >= 4 is 27.3 Å². The smallest absolute Gasteiger partial charge is 0.246 e. The van der Waals surface area contributed by atoms with E-state index in [-0.39, 0.29) is 0 Å². The maximum Gasteiger partial charge on any atom is 0.246 e. The number of hydrogen-bond donors (Lipinski definition) is 1. The third kappa shape index (κ3) is 3.02. The molecule has 0 spiro atoms. The van der Waals surface area contributed by atoms with Crippen LogP contribution in [0.3, 0.4) is 0 Å². The Balaban J connectivity index is 2.20. The highest BCUT2D eigenvalue weighted by Crippen LogP contribution is 2.21. The van der Waals surface area contributed by atoms with Gasteiger partial charge in [0.15, 0.2) is 5.89 Å². The van der Waals surface area contributed by atoms with E-state index in [9.17, 15) is 8.42 Å². The fraction of sp³-hybridized carbons (Fsp3) is 0.182. The first-order chi connectivity index (χ1) is 8.50. The average molecular weight is 287 g/mol. The van der Waals surface area contributed by atoms with Gasteiger partial charge in [-0.2, -0.15) is 0 Å². The van der Waals surface area contributed by atoms with Gasteiger partial charge in [0.25, 0.3) is 0 Å². The molecule has 0 unspecified atom stereocenters. The van der Waals surface area contributed by atoms with Crippen molar-refractivity contribution in [2.24, 2.45) is 0 Å². The maximum absolute atomic E-state index is 11.3. The third-order valence-electron chi connectivity index (χ3n) is 2.22. The zero-order chi connectivity index (χ0) is 13.2. The van der Waals surface area contributed by atoms with Crippen LogP contribution in [-0.2, 0) is 10.0 Å². The summed E-state index contributed by atoms with van der Waals surface area (Å²) in [5, 5.41) is -0.475. The molecule has 0 saturated heterocycles. The van der Waals surface area contributed by atoms with Gasteiger partial charge in [-0.15, -0.1) is 11.6 Å². The number of nitrogens with one attached hydrogen (secondary N) is 1. The maximum atomic E-state index is 11.3. The van der Waals surface area contributed by atoms with Crippen LogP contribution in [0.4, 0.5) is 5.69 Å². The molecule has 18 heavy (non-hydrogen) atoms. The molecular formula is C11H11ClN2O3S. The van der Waals surface area contributed by atoms with Crippen molar-refractivity contribution in [2.75, 3.05) is 9.93 Å². The molecule has 1 N–H and O–H groups in total. The summed E-state index contributed by atoms with van der Waals surface area (Å²) in [6, 6.07) is 6.79. The zero-order valence-electron chi connectivity index (χ0n) is 9.55. The average Bonchev–Trinajstić information content (AvgIpc) is 2.76. The second-order valence-electron chi connectivity index (χ2n) is 3.66. The van der Waals surface area contributed by atoms with E-state index in [1.807, 2.05) is 0 Å². The van der Waals surface area contributed by atoms with E-state index in [4.69, 9.17) is 16.0 Å². The van der Waals surface area contributed by atoms with E-state index < -0.39 is 15.2 Å². The standard InChI is InChI=1S/C11H11ClN2O3S/c1-8-13-11(6-17-8)9-2-4-10(5-3-9)14-18(15,16)7-12/h2-6,14H,7H2,1H3. The van der Waals surface area contributed by atoms with Crippen molar-refractivity contribution in [3.05, 3.63) is 36.4 Å². The predicted molar refractivity (Wildman–Crippen MR) is 69.9 cm³/mol. The normalized spacial score (nSPS) is 11.4. The first-order valence-corrected chi connectivity index (χ1v) is 7.28. The molecule has 96 valence electrons. The van der Waals surface area contributed by atoms with Gasteiger partial charge in [-0.3, -0.25) is 4.72 Å². The van der Waals surface area contributed by atoms with Crippen LogP contribution in [-0.4, -0.2) is 18.6 Å². The summed E-state index contributed by atoms with van der Waals surface area (Å²) in [5.74, 6) is 0.580. The van der Waals surface area contributed by atoms with Crippen LogP contribution in [0.5, 0.6) is 0 Å². The Kier molecular flexibility index (Phi) is 3.58. The monoisotopic (exact) mass is 286 g/mol. The number of sulfonamides is 1. The molecule has 2 aromatic rings. The van der Waals surface area contributed by atoms with Gasteiger partial charge in [-0.05, 0) is 12.1 Å². The molecule has 0 bridgehead atoms. The molecule has 0 saturated carbocycles. The second-order valence-corrected chi connectivity index (χ2v) is 5.96. The summed E-state index contributed by atoms with van der Waals surface area (Å²) in [4.78, 5) is 4.17. The van der Waals surface area contributed by atoms with Gasteiger partial charge in [-0.25, -0.2) is 13.4 Å². The first kappa shape index (κ1) is 12.9. The van der Waals surface area contributed by atoms with E-state index in [1.165, 1.54) is 0 Å². The van der Waals surface area contributed by atoms with E-state index in [1.54, 1.807) is 37.5 Å². The highest BCUT2D eigenvalue weighted by molar-refractivity contribution is 7.93. The van der Waals surface area contributed by atoms with Gasteiger partial charge < -0.3 is 4.42 Å². The number of nitrogens with zero attached hydrogens (tertiary/aromatic N) is 1. The fourth-order valence-corrected chi connectivity index (χ4v) is 2.13. The number of halogens is 1. The molecule has 0 radical (unpaired) electrons. The lowest BCUT2D eigenvalue weighted by Gasteiger charge is -2.05. The number of aryl methyl sites for hydroxylation is 1. The number of benzene rings is 1. The lowest BCUT2D eigenvalue weighted by atomic mass is 10.1. The van der Waals surface area contributed by atoms with Gasteiger partial charge in [0.2, 0.25) is 10.0 Å². The molecule has 0 aliphatic heterocycles. The van der Waals surface area contributed by atoms with Crippen LogP contribution in [0.25, 0.3) is 11.3 Å². The Morgan fingerprint density at radius 1 is 1.33 bits per heavy atom. The number of aromatic nitrogens is 1. The Hall–Kier alpha value is -1.53. The van der Waals surface area contributed by atoms with Crippen LogP contribution < -0.4 is 4.72 Å². The Bertz CT molecular complexity index is 635. The highest BCUT2D eigenvalue weighted by Gasteiger charge is 2.08. The van der Waals surface area contributed by atoms with Crippen molar-refractivity contribution in [1.82, 2.24) is 4.98 Å². The molecule has 0 amide bonds. The molecule has 5 nitrogen and oxygen atoms in total. The summed E-state index contributed by atoms with van der Waals surface area (Å²) in [5.41, 5.74) is 2.01. The first-order valence-electron chi connectivity index (χ1n) is 5.09. The van der Waals surface area contributed by atoms with Gasteiger partial charge in [0.1, 0.15) is 17.2 Å². The van der Waals surface area contributed by atoms with Gasteiger partial charge in [0, 0.05) is 18.2 Å². The van der Waals surface area contributed by atoms with Crippen molar-refractivity contribution < 1.29 is 12.8 Å². The number of hydrogen-bond acceptors (Lipinski definition) is 4. The summed E-state index contributed by atoms with van der Waals surface area (Å²) in [6.45, 7) is 1.76. The van der Waals surface area contributed by atoms with E-state index in [2.05, 4.69) is 9.71 Å². The molecule has 7 heteroatoms. The summed E-state index contributed by atoms with van der Waals surface area (Å²) in [7, 11) is -3.46. The molecule has 1 aromatic carbocycles. The largest absolute Gasteiger partial charge is 0.449 e. The van der Waals surface area contributed by atoms with Gasteiger partial charge in [-0.1, -0.05) is 12.1 Å². The van der Waals surface area contributed by atoms with Crippen LogP contribution in [0, 0.1) is 6.92 Å². The SMILES string of the molecule is Cc1nc(-c2ccc(NS(=O)(=O)CCl)cc2)co1.